The van der Waals surface area contributed by atoms with Crippen molar-refractivity contribution in [3.05, 3.63) is 0 Å². The molecule has 0 fully saturated rings. The molecule has 1 atom stereocenters. The Morgan fingerprint density at radius 2 is 1.94 bits per heavy atom. The third kappa shape index (κ3) is 6.07. The molecule has 0 aromatic rings. The molecule has 18 heavy (non-hydrogen) atoms. The summed E-state index contributed by atoms with van der Waals surface area (Å²) in [4.78, 5) is 34.7. The Hall–Kier alpha value is -1.79. The predicted molar refractivity (Wildman–Crippen MR) is 66.1 cm³/mol. The number of urea groups is 1. The molecule has 1 unspecified atom stereocenters. The second-order valence-corrected chi connectivity index (χ2v) is 3.97. The standard InChI is InChI=1S/C11H21N3O4/c1-4-8(10(16)17)7-13-11(18)14(3)6-5-9(15)12-2/h8H,4-7H2,1-3H3,(H,12,15)(H,13,18)(H,16,17). The van der Waals surface area contributed by atoms with Gasteiger partial charge in [-0.2, -0.15) is 0 Å². The molecule has 0 saturated heterocycles. The highest BCUT2D eigenvalue weighted by molar-refractivity contribution is 5.78. The van der Waals surface area contributed by atoms with Crippen molar-refractivity contribution < 1.29 is 19.5 Å². The predicted octanol–water partition coefficient (Wildman–Crippen LogP) is -0.125. The maximum Gasteiger partial charge on any atom is 0.317 e. The van der Waals surface area contributed by atoms with Gasteiger partial charge in [-0.1, -0.05) is 6.92 Å². The number of carbonyl (C=O) groups is 3. The molecular formula is C11H21N3O4. The highest BCUT2D eigenvalue weighted by Gasteiger charge is 2.17. The summed E-state index contributed by atoms with van der Waals surface area (Å²) in [7, 11) is 3.08. The van der Waals surface area contributed by atoms with Crippen molar-refractivity contribution in [1.82, 2.24) is 15.5 Å². The Balaban J connectivity index is 4.01. The van der Waals surface area contributed by atoms with Gasteiger partial charge in [-0.25, -0.2) is 4.79 Å². The van der Waals surface area contributed by atoms with Crippen molar-refractivity contribution in [3.8, 4) is 0 Å². The fourth-order valence-electron chi connectivity index (χ4n) is 1.25. The van der Waals surface area contributed by atoms with E-state index in [0.29, 0.717) is 6.42 Å². The first kappa shape index (κ1) is 16.2. The first-order valence-corrected chi connectivity index (χ1v) is 5.84. The van der Waals surface area contributed by atoms with Gasteiger partial charge < -0.3 is 20.6 Å². The molecule has 104 valence electrons. The van der Waals surface area contributed by atoms with Crippen LogP contribution in [0.1, 0.15) is 19.8 Å². The van der Waals surface area contributed by atoms with Crippen LogP contribution in [0.2, 0.25) is 0 Å². The molecule has 0 aliphatic heterocycles. The maximum absolute atomic E-state index is 11.6. The fraction of sp³-hybridized carbons (Fsp3) is 0.727. The highest BCUT2D eigenvalue weighted by Crippen LogP contribution is 2.00. The van der Waals surface area contributed by atoms with Crippen LogP contribution < -0.4 is 10.6 Å². The zero-order valence-corrected chi connectivity index (χ0v) is 11.0. The van der Waals surface area contributed by atoms with Gasteiger partial charge in [0.15, 0.2) is 0 Å². The van der Waals surface area contributed by atoms with E-state index in [4.69, 9.17) is 5.11 Å². The minimum atomic E-state index is -0.925. The molecule has 0 rings (SSSR count). The van der Waals surface area contributed by atoms with Gasteiger partial charge in [-0.05, 0) is 6.42 Å². The first-order chi connectivity index (χ1) is 8.42. The van der Waals surface area contributed by atoms with Gasteiger partial charge in [-0.15, -0.1) is 0 Å². The van der Waals surface area contributed by atoms with E-state index in [1.165, 1.54) is 11.9 Å². The molecule has 3 amide bonds. The van der Waals surface area contributed by atoms with Crippen molar-refractivity contribution in [2.24, 2.45) is 5.92 Å². The lowest BCUT2D eigenvalue weighted by molar-refractivity contribution is -0.141. The van der Waals surface area contributed by atoms with Gasteiger partial charge in [0.2, 0.25) is 5.91 Å². The lowest BCUT2D eigenvalue weighted by Crippen LogP contribution is -2.42. The molecule has 0 bridgehead atoms. The van der Waals surface area contributed by atoms with Gasteiger partial charge in [0.05, 0.1) is 5.92 Å². The van der Waals surface area contributed by atoms with Crippen molar-refractivity contribution in [2.45, 2.75) is 19.8 Å². The summed E-state index contributed by atoms with van der Waals surface area (Å²) in [6.07, 6.45) is 0.675. The van der Waals surface area contributed by atoms with Gasteiger partial charge in [0.25, 0.3) is 0 Å². The summed E-state index contributed by atoms with van der Waals surface area (Å²) in [5.41, 5.74) is 0. The Labute approximate surface area is 107 Å². The molecule has 0 heterocycles. The summed E-state index contributed by atoms with van der Waals surface area (Å²) in [6.45, 7) is 2.13. The second-order valence-electron chi connectivity index (χ2n) is 3.97. The van der Waals surface area contributed by atoms with Crippen LogP contribution in [0.3, 0.4) is 0 Å². The van der Waals surface area contributed by atoms with Gasteiger partial charge in [0, 0.05) is 33.6 Å². The van der Waals surface area contributed by atoms with Crippen LogP contribution >= 0.6 is 0 Å². The summed E-state index contributed by atoms with van der Waals surface area (Å²) < 4.78 is 0. The second kappa shape index (κ2) is 8.32. The Morgan fingerprint density at radius 1 is 1.33 bits per heavy atom. The topological polar surface area (TPSA) is 98.7 Å². The van der Waals surface area contributed by atoms with Crippen molar-refractivity contribution >= 4 is 17.9 Å². The summed E-state index contributed by atoms with van der Waals surface area (Å²) in [5.74, 6) is -1.65. The van der Waals surface area contributed by atoms with Crippen LogP contribution in [0, 0.1) is 5.92 Å². The van der Waals surface area contributed by atoms with Crippen molar-refractivity contribution in [1.29, 1.82) is 0 Å². The zero-order valence-electron chi connectivity index (χ0n) is 11.0. The molecule has 0 aliphatic rings. The van der Waals surface area contributed by atoms with Gasteiger partial charge in [0.1, 0.15) is 0 Å². The van der Waals surface area contributed by atoms with E-state index in [1.807, 2.05) is 0 Å². The van der Waals surface area contributed by atoms with E-state index in [9.17, 15) is 14.4 Å². The molecule has 0 aliphatic carbocycles. The van der Waals surface area contributed by atoms with Crippen molar-refractivity contribution in [2.75, 3.05) is 27.2 Å². The number of nitrogens with one attached hydrogen (secondary N) is 2. The smallest absolute Gasteiger partial charge is 0.317 e. The number of rotatable bonds is 7. The summed E-state index contributed by atoms with van der Waals surface area (Å²) in [5, 5.41) is 13.8. The van der Waals surface area contributed by atoms with Crippen LogP contribution in [-0.2, 0) is 9.59 Å². The Morgan fingerprint density at radius 3 is 2.39 bits per heavy atom. The van der Waals surface area contributed by atoms with Gasteiger partial charge in [-0.3, -0.25) is 9.59 Å². The molecule has 0 spiro atoms. The van der Waals surface area contributed by atoms with E-state index >= 15 is 0 Å². The number of hydrogen-bond donors (Lipinski definition) is 3. The molecule has 7 nitrogen and oxygen atoms in total. The quantitative estimate of drug-likeness (QED) is 0.593. The number of nitrogens with zero attached hydrogens (tertiary/aromatic N) is 1. The largest absolute Gasteiger partial charge is 0.481 e. The molecular weight excluding hydrogens is 238 g/mol. The SMILES string of the molecule is CCC(CNC(=O)N(C)CCC(=O)NC)C(=O)O. The highest BCUT2D eigenvalue weighted by atomic mass is 16.4. The number of carboxylic acid groups (broad SMARTS) is 1. The average molecular weight is 259 g/mol. The van der Waals surface area contributed by atoms with Crippen LogP contribution in [-0.4, -0.2) is 55.1 Å². The number of carboxylic acids is 1. The van der Waals surface area contributed by atoms with E-state index in [0.717, 1.165) is 0 Å². The third-order valence-electron chi connectivity index (χ3n) is 2.64. The zero-order chi connectivity index (χ0) is 14.1. The minimum Gasteiger partial charge on any atom is -0.481 e. The fourth-order valence-corrected chi connectivity index (χ4v) is 1.25. The first-order valence-electron chi connectivity index (χ1n) is 5.84. The number of carbonyl (C=O) groups excluding carboxylic acids is 2. The van der Waals surface area contributed by atoms with Gasteiger partial charge >= 0.3 is 12.0 Å². The number of hydrogen-bond acceptors (Lipinski definition) is 3. The van der Waals surface area contributed by atoms with E-state index < -0.39 is 11.9 Å². The summed E-state index contributed by atoms with van der Waals surface area (Å²) >= 11 is 0. The Bertz CT molecular complexity index is 307. The van der Waals surface area contributed by atoms with Crippen LogP contribution in [0.5, 0.6) is 0 Å². The number of aliphatic carboxylic acids is 1. The molecule has 7 heteroatoms. The third-order valence-corrected chi connectivity index (χ3v) is 2.64. The monoisotopic (exact) mass is 259 g/mol. The van der Waals surface area contributed by atoms with Crippen LogP contribution in [0.15, 0.2) is 0 Å². The van der Waals surface area contributed by atoms with E-state index in [1.54, 1.807) is 14.0 Å². The maximum atomic E-state index is 11.6. The van der Waals surface area contributed by atoms with Crippen LogP contribution in [0.4, 0.5) is 4.79 Å². The molecule has 0 saturated carbocycles. The molecule has 0 aromatic carbocycles. The van der Waals surface area contributed by atoms with Crippen molar-refractivity contribution in [3.63, 3.8) is 0 Å². The lowest BCUT2D eigenvalue weighted by atomic mass is 10.1. The van der Waals surface area contributed by atoms with E-state index in [-0.39, 0.29) is 31.4 Å². The van der Waals surface area contributed by atoms with E-state index in [2.05, 4.69) is 10.6 Å². The normalized spacial score (nSPS) is 11.5. The lowest BCUT2D eigenvalue weighted by Gasteiger charge is -2.19. The average Bonchev–Trinajstić information content (AvgIpc) is 2.35. The Kier molecular flexibility index (Phi) is 7.50. The molecule has 3 N–H and O–H groups in total. The number of amides is 3. The van der Waals surface area contributed by atoms with Crippen LogP contribution in [0.25, 0.3) is 0 Å². The molecule has 0 aromatic heterocycles. The molecule has 0 radical (unpaired) electrons. The summed E-state index contributed by atoms with van der Waals surface area (Å²) in [6, 6.07) is -0.376. The minimum absolute atomic E-state index is 0.0922.